The minimum atomic E-state index is -0.353. The highest BCUT2D eigenvalue weighted by molar-refractivity contribution is 5.81. The third-order valence-electron chi connectivity index (χ3n) is 10.2. The summed E-state index contributed by atoms with van der Waals surface area (Å²) >= 11 is 0. The van der Waals surface area contributed by atoms with E-state index in [0.717, 1.165) is 45.2 Å². The smallest absolute Gasteiger partial charge is 0.239 e. The Morgan fingerprint density at radius 2 is 0.674 bits per heavy atom. The first-order chi connectivity index (χ1) is 22.7. The standard InChI is InChI=1S/C42H87N3O/c1-3-5-7-9-11-13-15-17-19-21-23-25-27-29-31-35-39-45(42(46)41(44)37-33-34-38-43)40-36-32-30-28-26-24-22-20-18-16-14-12-10-8-6-4-2/h41H,3-40,43-44H2,1-2H3/t41-/m0/s1. The summed E-state index contributed by atoms with van der Waals surface area (Å²) in [4.78, 5) is 15.3. The fraction of sp³-hybridized carbons (Fsp3) is 0.976. The van der Waals surface area contributed by atoms with Crippen LogP contribution >= 0.6 is 0 Å². The van der Waals surface area contributed by atoms with E-state index in [4.69, 9.17) is 11.5 Å². The van der Waals surface area contributed by atoms with Gasteiger partial charge >= 0.3 is 0 Å². The van der Waals surface area contributed by atoms with Crippen LogP contribution in [0.15, 0.2) is 0 Å². The molecule has 0 aliphatic carbocycles. The second-order valence-electron chi connectivity index (χ2n) is 14.8. The highest BCUT2D eigenvalue weighted by Gasteiger charge is 2.20. The zero-order valence-electron chi connectivity index (χ0n) is 32.0. The normalized spacial score (nSPS) is 12.2. The lowest BCUT2D eigenvalue weighted by Gasteiger charge is -2.26. The number of carbonyl (C=O) groups is 1. The fourth-order valence-corrected chi connectivity index (χ4v) is 6.90. The lowest BCUT2D eigenvalue weighted by atomic mass is 10.0. The first-order valence-corrected chi connectivity index (χ1v) is 21.4. The highest BCUT2D eigenvalue weighted by atomic mass is 16.2. The molecule has 0 bridgehead atoms. The van der Waals surface area contributed by atoms with Gasteiger partial charge in [-0.05, 0) is 32.2 Å². The molecule has 0 aliphatic rings. The van der Waals surface area contributed by atoms with E-state index in [9.17, 15) is 4.79 Å². The molecular weight excluding hydrogens is 562 g/mol. The molecule has 0 spiro atoms. The largest absolute Gasteiger partial charge is 0.341 e. The summed E-state index contributed by atoms with van der Waals surface area (Å²) in [5.74, 6) is 0.180. The molecule has 0 fully saturated rings. The molecule has 4 N–H and O–H groups in total. The Balaban J connectivity index is 3.92. The maximum absolute atomic E-state index is 13.2. The number of unbranched alkanes of at least 4 members (excludes halogenated alkanes) is 31. The van der Waals surface area contributed by atoms with Crippen LogP contribution in [0.2, 0.25) is 0 Å². The molecule has 1 atom stereocenters. The van der Waals surface area contributed by atoms with Gasteiger partial charge in [0, 0.05) is 13.1 Å². The summed E-state index contributed by atoms with van der Waals surface area (Å²) in [7, 11) is 0. The van der Waals surface area contributed by atoms with Crippen LogP contribution < -0.4 is 11.5 Å². The Morgan fingerprint density at radius 3 is 0.935 bits per heavy atom. The van der Waals surface area contributed by atoms with Gasteiger partial charge in [0.1, 0.15) is 0 Å². The van der Waals surface area contributed by atoms with E-state index in [2.05, 4.69) is 18.7 Å². The van der Waals surface area contributed by atoms with Crippen molar-refractivity contribution in [3.05, 3.63) is 0 Å². The van der Waals surface area contributed by atoms with Gasteiger partial charge in [0.2, 0.25) is 5.91 Å². The van der Waals surface area contributed by atoms with Crippen molar-refractivity contribution >= 4 is 5.91 Å². The Bertz CT molecular complexity index is 547. The lowest BCUT2D eigenvalue weighted by Crippen LogP contribution is -2.44. The number of rotatable bonds is 39. The molecule has 1 amide bonds. The summed E-state index contributed by atoms with van der Waals surface area (Å²) in [6.07, 6.45) is 46.8. The van der Waals surface area contributed by atoms with E-state index in [0.29, 0.717) is 6.54 Å². The molecule has 0 aromatic heterocycles. The Labute approximate surface area is 290 Å². The van der Waals surface area contributed by atoms with Gasteiger partial charge in [-0.15, -0.1) is 0 Å². The predicted octanol–water partition coefficient (Wildman–Crippen LogP) is 12.8. The van der Waals surface area contributed by atoms with Crippen molar-refractivity contribution in [3.63, 3.8) is 0 Å². The topological polar surface area (TPSA) is 72.3 Å². The molecule has 0 aromatic carbocycles. The van der Waals surface area contributed by atoms with Crippen molar-refractivity contribution < 1.29 is 4.79 Å². The molecule has 0 aromatic rings. The van der Waals surface area contributed by atoms with E-state index in [1.54, 1.807) is 0 Å². The molecule has 0 unspecified atom stereocenters. The number of amides is 1. The zero-order chi connectivity index (χ0) is 33.6. The third-order valence-corrected chi connectivity index (χ3v) is 10.2. The van der Waals surface area contributed by atoms with Crippen LogP contribution in [0.25, 0.3) is 0 Å². The van der Waals surface area contributed by atoms with Crippen LogP contribution in [0, 0.1) is 0 Å². The van der Waals surface area contributed by atoms with E-state index >= 15 is 0 Å². The van der Waals surface area contributed by atoms with Crippen LogP contribution in [-0.2, 0) is 4.79 Å². The van der Waals surface area contributed by atoms with Crippen LogP contribution in [0.5, 0.6) is 0 Å². The average molecular weight is 650 g/mol. The van der Waals surface area contributed by atoms with Gasteiger partial charge in [0.15, 0.2) is 0 Å². The van der Waals surface area contributed by atoms with E-state index in [1.807, 2.05) is 0 Å². The maximum atomic E-state index is 13.2. The van der Waals surface area contributed by atoms with Gasteiger partial charge in [0.25, 0.3) is 0 Å². The summed E-state index contributed by atoms with van der Waals surface area (Å²) in [5, 5.41) is 0. The predicted molar refractivity (Wildman–Crippen MR) is 207 cm³/mol. The highest BCUT2D eigenvalue weighted by Crippen LogP contribution is 2.16. The van der Waals surface area contributed by atoms with Crippen molar-refractivity contribution in [1.29, 1.82) is 0 Å². The third kappa shape index (κ3) is 33.3. The van der Waals surface area contributed by atoms with Crippen LogP contribution in [0.3, 0.4) is 0 Å². The fourth-order valence-electron chi connectivity index (χ4n) is 6.90. The molecular formula is C42H87N3O. The first kappa shape index (κ1) is 45.4. The lowest BCUT2D eigenvalue weighted by molar-refractivity contribution is -0.133. The van der Waals surface area contributed by atoms with E-state index < -0.39 is 0 Å². The summed E-state index contributed by atoms with van der Waals surface area (Å²) in [6, 6.07) is -0.353. The van der Waals surface area contributed by atoms with Gasteiger partial charge in [-0.3, -0.25) is 4.79 Å². The molecule has 4 heteroatoms. The summed E-state index contributed by atoms with van der Waals surface area (Å²) in [5.41, 5.74) is 12.0. The average Bonchev–Trinajstić information content (AvgIpc) is 3.06. The second-order valence-corrected chi connectivity index (χ2v) is 14.8. The minimum Gasteiger partial charge on any atom is -0.341 e. The Hall–Kier alpha value is -0.610. The number of hydrogen-bond donors (Lipinski definition) is 2. The van der Waals surface area contributed by atoms with Crippen LogP contribution in [-0.4, -0.2) is 36.5 Å². The van der Waals surface area contributed by atoms with Gasteiger partial charge in [0.05, 0.1) is 6.04 Å². The minimum absolute atomic E-state index is 0.180. The summed E-state index contributed by atoms with van der Waals surface area (Å²) in [6.45, 7) is 7.05. The molecule has 0 saturated heterocycles. The second kappa shape index (κ2) is 38.8. The maximum Gasteiger partial charge on any atom is 0.239 e. The molecule has 46 heavy (non-hydrogen) atoms. The molecule has 276 valence electrons. The monoisotopic (exact) mass is 650 g/mol. The quantitative estimate of drug-likeness (QED) is 0.0651. The van der Waals surface area contributed by atoms with Crippen molar-refractivity contribution in [2.45, 2.75) is 245 Å². The first-order valence-electron chi connectivity index (χ1n) is 21.4. The van der Waals surface area contributed by atoms with Crippen LogP contribution in [0.1, 0.15) is 239 Å². The number of carbonyl (C=O) groups excluding carboxylic acids is 1. The Morgan fingerprint density at radius 1 is 0.413 bits per heavy atom. The van der Waals surface area contributed by atoms with Crippen molar-refractivity contribution in [3.8, 4) is 0 Å². The SMILES string of the molecule is CCCCCCCCCCCCCCCCCCN(CCCCCCCCCCCCCCCCCC)C(=O)[C@@H](N)CCCCN. The summed E-state index contributed by atoms with van der Waals surface area (Å²) < 4.78 is 0. The van der Waals surface area contributed by atoms with E-state index in [1.165, 1.54) is 193 Å². The van der Waals surface area contributed by atoms with Crippen molar-refractivity contribution in [1.82, 2.24) is 4.90 Å². The number of nitrogens with two attached hydrogens (primary N) is 2. The van der Waals surface area contributed by atoms with Crippen molar-refractivity contribution in [2.24, 2.45) is 11.5 Å². The van der Waals surface area contributed by atoms with Gasteiger partial charge < -0.3 is 16.4 Å². The Kier molecular flexibility index (Phi) is 38.3. The van der Waals surface area contributed by atoms with Gasteiger partial charge in [-0.25, -0.2) is 0 Å². The molecule has 0 heterocycles. The van der Waals surface area contributed by atoms with Gasteiger partial charge in [-0.2, -0.15) is 0 Å². The molecule has 0 aliphatic heterocycles. The molecule has 0 rings (SSSR count). The van der Waals surface area contributed by atoms with E-state index in [-0.39, 0.29) is 11.9 Å². The molecule has 0 saturated carbocycles. The number of nitrogens with zero attached hydrogens (tertiary/aromatic N) is 1. The van der Waals surface area contributed by atoms with Crippen molar-refractivity contribution in [2.75, 3.05) is 19.6 Å². The molecule has 0 radical (unpaired) electrons. The van der Waals surface area contributed by atoms with Gasteiger partial charge in [-0.1, -0.05) is 213 Å². The zero-order valence-corrected chi connectivity index (χ0v) is 32.0. The molecule has 4 nitrogen and oxygen atoms in total. The van der Waals surface area contributed by atoms with Crippen LogP contribution in [0.4, 0.5) is 0 Å². The number of hydrogen-bond acceptors (Lipinski definition) is 3.